The molecule has 3 aromatic rings. The van der Waals surface area contributed by atoms with Crippen LogP contribution in [0.3, 0.4) is 0 Å². The van der Waals surface area contributed by atoms with Gasteiger partial charge in [-0.1, -0.05) is 19.0 Å². The van der Waals surface area contributed by atoms with Crippen molar-refractivity contribution < 1.29 is 18.5 Å². The highest BCUT2D eigenvalue weighted by molar-refractivity contribution is 6.01. The molecule has 2 aliphatic carbocycles. The van der Waals surface area contributed by atoms with E-state index in [1.54, 1.807) is 12.1 Å². The molecule has 2 fully saturated rings. The summed E-state index contributed by atoms with van der Waals surface area (Å²) in [5.74, 6) is -0.555. The summed E-state index contributed by atoms with van der Waals surface area (Å²) in [7, 11) is 0. The largest absolute Gasteiger partial charge is 0.364 e. The van der Waals surface area contributed by atoms with Gasteiger partial charge in [0, 0.05) is 16.8 Å². The minimum Gasteiger partial charge on any atom is -0.364 e. The van der Waals surface area contributed by atoms with E-state index in [2.05, 4.69) is 31.0 Å². The maximum atomic E-state index is 15.1. The van der Waals surface area contributed by atoms with Crippen LogP contribution in [0.15, 0.2) is 22.9 Å². The summed E-state index contributed by atoms with van der Waals surface area (Å²) in [6.07, 6.45) is 6.66. The number of anilines is 1. The number of aryl methyl sites for hydroxylation is 3. The van der Waals surface area contributed by atoms with Crippen LogP contribution in [0.4, 0.5) is 10.2 Å². The Morgan fingerprint density at radius 3 is 2.44 bits per heavy atom. The molecule has 36 heavy (non-hydrogen) atoms. The van der Waals surface area contributed by atoms with Gasteiger partial charge in [-0.3, -0.25) is 14.7 Å². The molecule has 2 saturated carbocycles. The van der Waals surface area contributed by atoms with Crippen LogP contribution in [0.2, 0.25) is 0 Å². The minimum absolute atomic E-state index is 0.0312. The summed E-state index contributed by atoms with van der Waals surface area (Å²) in [6, 6.07) is 2.43. The number of H-pyrrole nitrogens is 1. The fraction of sp³-hybridized carbons (Fsp3) is 0.500. The van der Waals surface area contributed by atoms with Gasteiger partial charge in [0.15, 0.2) is 0 Å². The van der Waals surface area contributed by atoms with Crippen LogP contribution < -0.4 is 10.6 Å². The molecule has 1 atom stereocenters. The molecule has 5 rings (SSSR count). The predicted molar refractivity (Wildman–Crippen MR) is 131 cm³/mol. The zero-order chi connectivity index (χ0) is 25.4. The number of aromatic nitrogens is 4. The van der Waals surface area contributed by atoms with Crippen molar-refractivity contribution in [3.8, 4) is 11.1 Å². The molecular weight excluding hydrogens is 463 g/mol. The molecule has 190 valence electrons. The number of halogens is 1. The van der Waals surface area contributed by atoms with Gasteiger partial charge >= 0.3 is 0 Å². The zero-order valence-electron chi connectivity index (χ0n) is 20.7. The number of nitrogens with one attached hydrogen (secondary N) is 3. The molecule has 0 aromatic carbocycles. The second kappa shape index (κ2) is 9.83. The first-order chi connectivity index (χ1) is 17.4. The van der Waals surface area contributed by atoms with Crippen molar-refractivity contribution in [3.05, 3.63) is 47.0 Å². The topological polar surface area (TPSA) is 126 Å². The summed E-state index contributed by atoms with van der Waals surface area (Å²) >= 11 is 0. The number of hydrogen-bond acceptors (Lipinski definition) is 6. The maximum Gasteiger partial charge on any atom is 0.257 e. The third-order valence-electron chi connectivity index (χ3n) is 7.24. The molecule has 3 aromatic heterocycles. The Bertz CT molecular complexity index is 1260. The molecule has 3 heterocycles. The van der Waals surface area contributed by atoms with Gasteiger partial charge in [-0.2, -0.15) is 9.49 Å². The lowest BCUT2D eigenvalue weighted by Crippen LogP contribution is -2.50. The van der Waals surface area contributed by atoms with Crippen LogP contribution in [-0.4, -0.2) is 38.2 Å². The van der Waals surface area contributed by atoms with Gasteiger partial charge in [-0.15, -0.1) is 0 Å². The number of aromatic amines is 1. The Morgan fingerprint density at radius 1 is 1.14 bits per heavy atom. The Balaban J connectivity index is 1.39. The molecule has 3 N–H and O–H groups in total. The SMILES string of the molecule is CCc1nocc1C(=O)N[C@H](C(=O)Nc1ccc(-c2c(CC)n[nH]c2C)c(F)n1)C(C1CC1)C1CC1. The van der Waals surface area contributed by atoms with E-state index in [4.69, 9.17) is 4.52 Å². The highest BCUT2D eigenvalue weighted by atomic mass is 19.1. The molecule has 2 amide bonds. The molecule has 0 spiro atoms. The standard InChI is InChI=1S/C26H31FN6O3/c1-4-18-17(12-36-33-18)25(34)30-23(22(14-6-7-14)15-8-9-15)26(35)29-20-11-10-16(24(27)28-20)21-13(3)31-32-19(21)5-2/h10-12,14-15,22-23H,4-9H2,1-3H3,(H,30,34)(H,31,32)(H,28,29,35)/t23-/m0/s1. The minimum atomic E-state index is -0.760. The molecule has 0 unspecified atom stereocenters. The third-order valence-corrected chi connectivity index (χ3v) is 7.24. The second-order valence-electron chi connectivity index (χ2n) is 9.78. The van der Waals surface area contributed by atoms with Crippen LogP contribution in [0.25, 0.3) is 11.1 Å². The van der Waals surface area contributed by atoms with Gasteiger partial charge in [0.05, 0.1) is 11.4 Å². The highest BCUT2D eigenvalue weighted by Crippen LogP contribution is 2.51. The second-order valence-corrected chi connectivity index (χ2v) is 9.78. The van der Waals surface area contributed by atoms with E-state index >= 15 is 4.39 Å². The Hall–Kier alpha value is -3.56. The smallest absolute Gasteiger partial charge is 0.257 e. The number of carbonyl (C=O) groups is 2. The van der Waals surface area contributed by atoms with Crippen molar-refractivity contribution >= 4 is 17.6 Å². The van der Waals surface area contributed by atoms with Crippen molar-refractivity contribution in [2.24, 2.45) is 17.8 Å². The summed E-state index contributed by atoms with van der Waals surface area (Å²) < 4.78 is 20.1. The quantitative estimate of drug-likeness (QED) is 0.363. The van der Waals surface area contributed by atoms with Crippen molar-refractivity contribution in [3.63, 3.8) is 0 Å². The predicted octanol–water partition coefficient (Wildman–Crippen LogP) is 4.21. The van der Waals surface area contributed by atoms with Crippen LogP contribution >= 0.6 is 0 Å². The number of rotatable bonds is 10. The van der Waals surface area contributed by atoms with Gasteiger partial charge in [0.25, 0.3) is 5.91 Å². The molecule has 2 aliphatic rings. The van der Waals surface area contributed by atoms with E-state index in [9.17, 15) is 9.59 Å². The molecule has 0 saturated heterocycles. The number of nitrogens with zero attached hydrogens (tertiary/aromatic N) is 3. The maximum absolute atomic E-state index is 15.1. The van der Waals surface area contributed by atoms with Crippen LogP contribution in [0.1, 0.15) is 67.0 Å². The molecular formula is C26H31FN6O3. The number of hydrogen-bond donors (Lipinski definition) is 3. The van der Waals surface area contributed by atoms with E-state index in [0.29, 0.717) is 47.1 Å². The van der Waals surface area contributed by atoms with E-state index in [0.717, 1.165) is 37.1 Å². The fourth-order valence-corrected chi connectivity index (χ4v) is 5.13. The number of amides is 2. The highest BCUT2D eigenvalue weighted by Gasteiger charge is 2.48. The lowest BCUT2D eigenvalue weighted by atomic mass is 9.88. The van der Waals surface area contributed by atoms with Gasteiger partial charge in [0.2, 0.25) is 11.9 Å². The number of carbonyl (C=O) groups excluding carboxylic acids is 2. The lowest BCUT2D eigenvalue weighted by Gasteiger charge is -2.27. The fourth-order valence-electron chi connectivity index (χ4n) is 5.13. The van der Waals surface area contributed by atoms with Crippen molar-refractivity contribution in [2.75, 3.05) is 5.32 Å². The first-order valence-electron chi connectivity index (χ1n) is 12.7. The van der Waals surface area contributed by atoms with Gasteiger partial charge in [-0.25, -0.2) is 4.98 Å². The van der Waals surface area contributed by atoms with Crippen LogP contribution in [-0.2, 0) is 17.6 Å². The van der Waals surface area contributed by atoms with Crippen LogP contribution in [0, 0.1) is 30.6 Å². The van der Waals surface area contributed by atoms with E-state index < -0.39 is 23.8 Å². The van der Waals surface area contributed by atoms with Gasteiger partial charge < -0.3 is 15.2 Å². The van der Waals surface area contributed by atoms with E-state index in [1.807, 2.05) is 20.8 Å². The zero-order valence-corrected chi connectivity index (χ0v) is 20.7. The first kappa shape index (κ1) is 24.1. The molecule has 0 radical (unpaired) electrons. The average Bonchev–Trinajstić information content (AvgIpc) is 3.79. The summed E-state index contributed by atoms with van der Waals surface area (Å²) in [4.78, 5) is 30.6. The molecule has 9 nitrogen and oxygen atoms in total. The first-order valence-corrected chi connectivity index (χ1v) is 12.7. The van der Waals surface area contributed by atoms with E-state index in [1.165, 1.54) is 6.26 Å². The Labute approximate surface area is 208 Å². The van der Waals surface area contributed by atoms with Crippen molar-refractivity contribution in [1.29, 1.82) is 0 Å². The van der Waals surface area contributed by atoms with Crippen molar-refractivity contribution in [1.82, 2.24) is 25.7 Å². The van der Waals surface area contributed by atoms with Gasteiger partial charge in [0.1, 0.15) is 23.7 Å². The number of pyridine rings is 1. The normalized spacial score (nSPS) is 16.2. The summed E-state index contributed by atoms with van der Waals surface area (Å²) in [6.45, 7) is 5.67. The molecule has 0 aliphatic heterocycles. The summed E-state index contributed by atoms with van der Waals surface area (Å²) in [5, 5.41) is 16.7. The molecule has 10 heteroatoms. The van der Waals surface area contributed by atoms with Crippen molar-refractivity contribution in [2.45, 2.75) is 65.3 Å². The average molecular weight is 495 g/mol. The Kier molecular flexibility index (Phi) is 6.59. The molecule has 0 bridgehead atoms. The van der Waals surface area contributed by atoms with E-state index in [-0.39, 0.29) is 11.7 Å². The lowest BCUT2D eigenvalue weighted by molar-refractivity contribution is -0.119. The summed E-state index contributed by atoms with van der Waals surface area (Å²) in [5.41, 5.74) is 3.40. The van der Waals surface area contributed by atoms with Crippen LogP contribution in [0.5, 0.6) is 0 Å². The third kappa shape index (κ3) is 4.76. The monoisotopic (exact) mass is 494 g/mol. The van der Waals surface area contributed by atoms with Gasteiger partial charge in [-0.05, 0) is 75.3 Å². The Morgan fingerprint density at radius 2 is 1.83 bits per heavy atom.